The van der Waals surface area contributed by atoms with Crippen molar-refractivity contribution in [1.82, 2.24) is 0 Å². The molecule has 0 saturated heterocycles. The molecular formula is C18H40P+. The molecule has 0 saturated carbocycles. The van der Waals surface area contributed by atoms with Gasteiger partial charge in [-0.15, -0.1) is 0 Å². The molecule has 116 valence electrons. The fourth-order valence-electron chi connectivity index (χ4n) is 2.60. The fourth-order valence-corrected chi connectivity index (χ4v) is 3.78. The summed E-state index contributed by atoms with van der Waals surface area (Å²) in [4.78, 5) is 0. The molecule has 0 aromatic rings. The molecule has 1 heteroatoms. The van der Waals surface area contributed by atoms with E-state index < -0.39 is 7.26 Å². The number of hydrogen-bond acceptors (Lipinski definition) is 0. The van der Waals surface area contributed by atoms with Gasteiger partial charge in [0.15, 0.2) is 0 Å². The third-order valence-corrected chi connectivity index (χ3v) is 5.59. The maximum absolute atomic E-state index is 2.47. The van der Waals surface area contributed by atoms with E-state index in [9.17, 15) is 0 Å². The molecule has 0 aromatic carbocycles. The van der Waals surface area contributed by atoms with Crippen molar-refractivity contribution in [3.63, 3.8) is 0 Å². The van der Waals surface area contributed by atoms with Crippen molar-refractivity contribution in [2.24, 2.45) is 0 Å². The average molecular weight is 287 g/mol. The summed E-state index contributed by atoms with van der Waals surface area (Å²) in [5.74, 6) is 0. The maximum atomic E-state index is 2.47. The molecule has 0 heterocycles. The molecule has 0 amide bonds. The van der Waals surface area contributed by atoms with Gasteiger partial charge in [-0.3, -0.25) is 0 Å². The van der Waals surface area contributed by atoms with Gasteiger partial charge in [-0.1, -0.05) is 77.6 Å². The highest BCUT2D eigenvalue weighted by atomic mass is 31.2. The largest absolute Gasteiger partial charge is 0.0654 e. The summed E-state index contributed by atoms with van der Waals surface area (Å²) in [6.07, 6.45) is 20.6. The van der Waals surface area contributed by atoms with Crippen molar-refractivity contribution in [1.29, 1.82) is 0 Å². The van der Waals surface area contributed by atoms with Gasteiger partial charge in [-0.25, -0.2) is 0 Å². The minimum absolute atomic E-state index is 0.498. The first-order valence-corrected chi connectivity index (χ1v) is 12.2. The zero-order valence-corrected chi connectivity index (χ0v) is 15.2. The van der Waals surface area contributed by atoms with Crippen LogP contribution in [0.3, 0.4) is 0 Å². The topological polar surface area (TPSA) is 0 Å². The molecular weight excluding hydrogens is 247 g/mol. The van der Waals surface area contributed by atoms with Crippen molar-refractivity contribution in [3.8, 4) is 0 Å². The van der Waals surface area contributed by atoms with E-state index in [0.29, 0.717) is 0 Å². The molecule has 19 heavy (non-hydrogen) atoms. The molecule has 0 aliphatic rings. The van der Waals surface area contributed by atoms with Crippen LogP contribution in [0.1, 0.15) is 90.4 Å². The van der Waals surface area contributed by atoms with Crippen LogP contribution in [-0.2, 0) is 0 Å². The first kappa shape index (κ1) is 19.4. The van der Waals surface area contributed by atoms with Crippen LogP contribution in [0.5, 0.6) is 0 Å². The Morgan fingerprint density at radius 2 is 0.789 bits per heavy atom. The van der Waals surface area contributed by atoms with Crippen molar-refractivity contribution < 1.29 is 0 Å². The summed E-state index contributed by atoms with van der Waals surface area (Å²) in [6.45, 7) is 9.69. The van der Waals surface area contributed by atoms with E-state index in [4.69, 9.17) is 0 Å². The highest BCUT2D eigenvalue weighted by molar-refractivity contribution is 7.73. The second-order valence-electron chi connectivity index (χ2n) is 7.26. The van der Waals surface area contributed by atoms with E-state index in [1.165, 1.54) is 89.6 Å². The van der Waals surface area contributed by atoms with Crippen molar-refractivity contribution in [2.45, 2.75) is 90.4 Å². The van der Waals surface area contributed by atoms with E-state index in [-0.39, 0.29) is 0 Å². The summed E-state index contributed by atoms with van der Waals surface area (Å²) < 4.78 is 0. The molecule has 0 spiro atoms. The summed E-state index contributed by atoms with van der Waals surface area (Å²) >= 11 is 0. The Balaban J connectivity index is 2.99. The van der Waals surface area contributed by atoms with Gasteiger partial charge in [0.05, 0.1) is 6.16 Å². The molecule has 0 aromatic heterocycles. The Bertz CT molecular complexity index is 169. The van der Waals surface area contributed by atoms with Crippen molar-refractivity contribution in [3.05, 3.63) is 0 Å². The van der Waals surface area contributed by atoms with Crippen LogP contribution in [0.25, 0.3) is 0 Å². The molecule has 0 radical (unpaired) electrons. The lowest BCUT2D eigenvalue weighted by Crippen LogP contribution is -1.92. The fraction of sp³-hybridized carbons (Fsp3) is 1.00. The van der Waals surface area contributed by atoms with Crippen LogP contribution in [0.4, 0.5) is 0 Å². The molecule has 0 nitrogen and oxygen atoms in total. The van der Waals surface area contributed by atoms with E-state index in [1.807, 2.05) is 0 Å². The molecule has 0 atom stereocenters. The van der Waals surface area contributed by atoms with Crippen LogP contribution in [0.2, 0.25) is 0 Å². The van der Waals surface area contributed by atoms with E-state index >= 15 is 0 Å². The van der Waals surface area contributed by atoms with E-state index in [1.54, 1.807) is 0 Å². The third kappa shape index (κ3) is 18.4. The molecule has 0 rings (SSSR count). The molecule has 0 bridgehead atoms. The highest BCUT2D eigenvalue weighted by Gasteiger charge is 2.15. The van der Waals surface area contributed by atoms with E-state index in [0.717, 1.165) is 0 Å². The summed E-state index contributed by atoms with van der Waals surface area (Å²) in [6, 6.07) is 0. The lowest BCUT2D eigenvalue weighted by Gasteiger charge is -2.10. The van der Waals surface area contributed by atoms with Crippen LogP contribution in [0.15, 0.2) is 0 Å². The predicted molar refractivity (Wildman–Crippen MR) is 95.3 cm³/mol. The van der Waals surface area contributed by atoms with E-state index in [2.05, 4.69) is 26.9 Å². The zero-order chi connectivity index (χ0) is 14.4. The average Bonchev–Trinajstić information content (AvgIpc) is 2.34. The molecule has 0 aliphatic heterocycles. The second-order valence-corrected chi connectivity index (χ2v) is 12.3. The number of hydrogen-bond donors (Lipinski definition) is 0. The standard InChI is InChI=1S/C18H40P/c1-5-6-7-8-9-10-11-12-13-14-15-16-17-18-19(2,3)4/h5-18H2,1-4H3/q+1. The van der Waals surface area contributed by atoms with Gasteiger partial charge < -0.3 is 0 Å². The quantitative estimate of drug-likeness (QED) is 0.239. The Kier molecular flexibility index (Phi) is 13.7. The Labute approximate surface area is 124 Å². The highest BCUT2D eigenvalue weighted by Crippen LogP contribution is 2.47. The Hall–Kier alpha value is 0.430. The SMILES string of the molecule is CCCCCCCCCCCCCCC[P+](C)(C)C. The lowest BCUT2D eigenvalue weighted by atomic mass is 10.1. The van der Waals surface area contributed by atoms with Crippen LogP contribution in [0, 0.1) is 0 Å². The predicted octanol–water partition coefficient (Wildman–Crippen LogP) is 6.98. The first-order valence-electron chi connectivity index (χ1n) is 8.86. The zero-order valence-electron chi connectivity index (χ0n) is 14.3. The minimum atomic E-state index is -0.498. The van der Waals surface area contributed by atoms with Gasteiger partial charge in [0.1, 0.15) is 0 Å². The molecule has 0 N–H and O–H groups in total. The van der Waals surface area contributed by atoms with Gasteiger partial charge in [-0.2, -0.15) is 0 Å². The van der Waals surface area contributed by atoms with Crippen molar-refractivity contribution in [2.75, 3.05) is 26.2 Å². The third-order valence-electron chi connectivity index (χ3n) is 3.93. The van der Waals surface area contributed by atoms with Crippen molar-refractivity contribution >= 4 is 7.26 Å². The maximum Gasteiger partial charge on any atom is 0.0586 e. The number of rotatable bonds is 14. The summed E-state index contributed by atoms with van der Waals surface area (Å²) in [5, 5.41) is 0. The normalized spacial score (nSPS) is 12.0. The van der Waals surface area contributed by atoms with Gasteiger partial charge in [0, 0.05) is 27.3 Å². The molecule has 0 unspecified atom stereocenters. The first-order chi connectivity index (χ1) is 9.06. The number of unbranched alkanes of at least 4 members (excludes halogenated alkanes) is 12. The van der Waals surface area contributed by atoms with Gasteiger partial charge in [-0.05, 0) is 12.8 Å². The van der Waals surface area contributed by atoms with Gasteiger partial charge in [0.25, 0.3) is 0 Å². The Morgan fingerprint density at radius 3 is 1.11 bits per heavy atom. The molecule has 0 aliphatic carbocycles. The summed E-state index contributed by atoms with van der Waals surface area (Å²) in [5.41, 5.74) is 0. The van der Waals surface area contributed by atoms with Crippen LogP contribution >= 0.6 is 7.26 Å². The molecule has 0 fully saturated rings. The van der Waals surface area contributed by atoms with Crippen LogP contribution < -0.4 is 0 Å². The lowest BCUT2D eigenvalue weighted by molar-refractivity contribution is 0.543. The van der Waals surface area contributed by atoms with Gasteiger partial charge >= 0.3 is 0 Å². The monoisotopic (exact) mass is 287 g/mol. The van der Waals surface area contributed by atoms with Gasteiger partial charge in [0.2, 0.25) is 0 Å². The second kappa shape index (κ2) is 13.4. The summed E-state index contributed by atoms with van der Waals surface area (Å²) in [7, 11) is -0.498. The smallest absolute Gasteiger partial charge is 0.0586 e. The van der Waals surface area contributed by atoms with Crippen LogP contribution in [-0.4, -0.2) is 26.2 Å². The minimum Gasteiger partial charge on any atom is -0.0654 e. The Morgan fingerprint density at radius 1 is 0.474 bits per heavy atom.